The Hall–Kier alpha value is -2.03. The molecule has 1 aliphatic rings. The SMILES string of the molecule is O=C(CSc1nncs1)Nc1sc2c(c1C(=O)c1ccccc1)CCCC2. The van der Waals surface area contributed by atoms with Crippen LogP contribution in [-0.2, 0) is 17.6 Å². The van der Waals surface area contributed by atoms with E-state index in [4.69, 9.17) is 0 Å². The number of benzene rings is 1. The molecule has 0 radical (unpaired) electrons. The first-order valence-corrected chi connectivity index (χ1v) is 11.3. The lowest BCUT2D eigenvalue weighted by Crippen LogP contribution is -2.16. The molecule has 0 saturated carbocycles. The fourth-order valence-electron chi connectivity index (χ4n) is 3.14. The monoisotopic (exact) mass is 415 g/mol. The van der Waals surface area contributed by atoms with Crippen LogP contribution in [0.2, 0.25) is 0 Å². The van der Waals surface area contributed by atoms with Gasteiger partial charge in [0.1, 0.15) is 10.5 Å². The Labute approximate surface area is 169 Å². The van der Waals surface area contributed by atoms with E-state index < -0.39 is 0 Å². The number of fused-ring (bicyclic) bond motifs is 1. The number of hydrogen-bond donors (Lipinski definition) is 1. The molecule has 4 rings (SSSR count). The Morgan fingerprint density at radius 3 is 2.74 bits per heavy atom. The summed E-state index contributed by atoms with van der Waals surface area (Å²) < 4.78 is 0.760. The molecule has 2 aromatic heterocycles. The van der Waals surface area contributed by atoms with Crippen LogP contribution in [-0.4, -0.2) is 27.6 Å². The number of amides is 1. The second-order valence-corrected chi connectivity index (χ2v) is 9.31. The van der Waals surface area contributed by atoms with Gasteiger partial charge in [-0.2, -0.15) is 0 Å². The van der Waals surface area contributed by atoms with Gasteiger partial charge < -0.3 is 5.32 Å². The summed E-state index contributed by atoms with van der Waals surface area (Å²) >= 11 is 4.31. The smallest absolute Gasteiger partial charge is 0.235 e. The van der Waals surface area contributed by atoms with Gasteiger partial charge in [0.25, 0.3) is 0 Å². The van der Waals surface area contributed by atoms with Gasteiger partial charge in [-0.05, 0) is 31.2 Å². The van der Waals surface area contributed by atoms with Gasteiger partial charge in [-0.3, -0.25) is 9.59 Å². The van der Waals surface area contributed by atoms with E-state index in [2.05, 4.69) is 15.5 Å². The number of thiophene rings is 1. The average Bonchev–Trinajstić information content (AvgIpc) is 3.34. The number of rotatable bonds is 6. The summed E-state index contributed by atoms with van der Waals surface area (Å²) in [7, 11) is 0. The second kappa shape index (κ2) is 8.33. The number of thioether (sulfide) groups is 1. The van der Waals surface area contributed by atoms with E-state index in [9.17, 15) is 9.59 Å². The number of aromatic nitrogens is 2. The van der Waals surface area contributed by atoms with Gasteiger partial charge in [0, 0.05) is 10.4 Å². The Morgan fingerprint density at radius 1 is 1.15 bits per heavy atom. The highest BCUT2D eigenvalue weighted by atomic mass is 32.2. The summed E-state index contributed by atoms with van der Waals surface area (Å²) in [4.78, 5) is 26.8. The van der Waals surface area contributed by atoms with Crippen LogP contribution in [0.25, 0.3) is 0 Å². The molecule has 0 atom stereocenters. The highest BCUT2D eigenvalue weighted by Crippen LogP contribution is 2.39. The summed E-state index contributed by atoms with van der Waals surface area (Å²) in [5.74, 6) is 0.106. The van der Waals surface area contributed by atoms with Gasteiger partial charge in [-0.1, -0.05) is 53.4 Å². The zero-order valence-electron chi connectivity index (χ0n) is 14.4. The second-order valence-electron chi connectivity index (χ2n) is 6.15. The molecule has 1 amide bonds. The number of carbonyl (C=O) groups is 2. The minimum Gasteiger partial charge on any atom is -0.316 e. The Kier molecular flexibility index (Phi) is 5.66. The quantitative estimate of drug-likeness (QED) is 0.476. The molecule has 1 aliphatic carbocycles. The van der Waals surface area contributed by atoms with Gasteiger partial charge in [0.15, 0.2) is 10.1 Å². The number of ketones is 1. The number of nitrogens with zero attached hydrogens (tertiary/aromatic N) is 2. The predicted octanol–water partition coefficient (Wildman–Crippen LogP) is 4.44. The van der Waals surface area contributed by atoms with Crippen LogP contribution in [0, 0.1) is 0 Å². The zero-order chi connectivity index (χ0) is 18.6. The molecular weight excluding hydrogens is 398 g/mol. The Balaban J connectivity index is 1.59. The largest absolute Gasteiger partial charge is 0.316 e. The van der Waals surface area contributed by atoms with Crippen molar-refractivity contribution in [2.45, 2.75) is 30.0 Å². The van der Waals surface area contributed by atoms with E-state index in [1.807, 2.05) is 30.3 Å². The molecule has 0 bridgehead atoms. The number of nitrogens with one attached hydrogen (secondary N) is 1. The van der Waals surface area contributed by atoms with Gasteiger partial charge in [-0.25, -0.2) is 0 Å². The minimum absolute atomic E-state index is 0.0120. The molecule has 27 heavy (non-hydrogen) atoms. The molecule has 138 valence electrons. The molecule has 8 heteroatoms. The van der Waals surface area contributed by atoms with E-state index >= 15 is 0 Å². The van der Waals surface area contributed by atoms with E-state index in [0.29, 0.717) is 16.1 Å². The molecular formula is C19H17N3O2S3. The van der Waals surface area contributed by atoms with Gasteiger partial charge in [-0.15, -0.1) is 21.5 Å². The van der Waals surface area contributed by atoms with Crippen molar-refractivity contribution in [3.63, 3.8) is 0 Å². The third kappa shape index (κ3) is 4.12. The van der Waals surface area contributed by atoms with Crippen LogP contribution in [0.4, 0.5) is 5.00 Å². The van der Waals surface area contributed by atoms with Crippen LogP contribution in [0.5, 0.6) is 0 Å². The van der Waals surface area contributed by atoms with E-state index in [1.54, 1.807) is 16.8 Å². The summed E-state index contributed by atoms with van der Waals surface area (Å²) in [6.45, 7) is 0. The first-order chi connectivity index (χ1) is 13.2. The maximum Gasteiger partial charge on any atom is 0.235 e. The maximum atomic E-state index is 13.2. The number of carbonyl (C=O) groups excluding carboxylic acids is 2. The molecule has 0 fully saturated rings. The van der Waals surface area contributed by atoms with Crippen molar-refractivity contribution >= 4 is 51.1 Å². The summed E-state index contributed by atoms with van der Waals surface area (Å²) in [5, 5.41) is 11.4. The third-order valence-electron chi connectivity index (χ3n) is 4.35. The molecule has 0 unspecified atom stereocenters. The lowest BCUT2D eigenvalue weighted by molar-refractivity contribution is -0.113. The van der Waals surface area contributed by atoms with Crippen molar-refractivity contribution in [2.75, 3.05) is 11.1 Å². The standard InChI is InChI=1S/C19H17N3O2S3/c23-15(10-25-19-22-20-11-26-19)21-18-16(13-8-4-5-9-14(13)27-18)17(24)12-6-2-1-3-7-12/h1-3,6-7,11H,4-5,8-10H2,(H,21,23). The molecule has 3 aromatic rings. The Morgan fingerprint density at radius 2 is 1.96 bits per heavy atom. The molecule has 2 heterocycles. The zero-order valence-corrected chi connectivity index (χ0v) is 16.9. The van der Waals surface area contributed by atoms with Crippen LogP contribution in [0.3, 0.4) is 0 Å². The van der Waals surface area contributed by atoms with Crippen molar-refractivity contribution in [1.82, 2.24) is 10.2 Å². The van der Waals surface area contributed by atoms with Gasteiger partial charge in [0.05, 0.1) is 11.3 Å². The van der Waals surface area contributed by atoms with Crippen LogP contribution in [0.15, 0.2) is 40.2 Å². The van der Waals surface area contributed by atoms with E-state index in [1.165, 1.54) is 28.0 Å². The summed E-state index contributed by atoms with van der Waals surface area (Å²) in [5.41, 5.74) is 4.09. The molecule has 5 nitrogen and oxygen atoms in total. The predicted molar refractivity (Wildman–Crippen MR) is 110 cm³/mol. The normalized spacial score (nSPS) is 13.2. The summed E-state index contributed by atoms with van der Waals surface area (Å²) in [6, 6.07) is 9.28. The van der Waals surface area contributed by atoms with Crippen LogP contribution < -0.4 is 5.32 Å². The first kappa shape index (κ1) is 18.3. The number of hydrogen-bond acceptors (Lipinski definition) is 7. The van der Waals surface area contributed by atoms with Gasteiger partial charge in [0.2, 0.25) is 5.91 Å². The molecule has 1 N–H and O–H groups in total. The maximum absolute atomic E-state index is 13.2. The fourth-order valence-corrected chi connectivity index (χ4v) is 5.74. The fraction of sp³-hybridized carbons (Fsp3) is 0.263. The lowest BCUT2D eigenvalue weighted by Gasteiger charge is -2.12. The number of anilines is 1. The van der Waals surface area contributed by atoms with E-state index in [-0.39, 0.29) is 17.4 Å². The molecule has 1 aromatic carbocycles. The highest BCUT2D eigenvalue weighted by molar-refractivity contribution is 8.01. The topological polar surface area (TPSA) is 72.0 Å². The van der Waals surface area contributed by atoms with E-state index in [0.717, 1.165) is 35.6 Å². The molecule has 0 aliphatic heterocycles. The molecule has 0 saturated heterocycles. The number of aryl methyl sites for hydroxylation is 1. The van der Waals surface area contributed by atoms with Crippen LogP contribution in [0.1, 0.15) is 39.2 Å². The lowest BCUT2D eigenvalue weighted by atomic mass is 9.92. The van der Waals surface area contributed by atoms with Crippen molar-refractivity contribution in [3.05, 3.63) is 57.4 Å². The first-order valence-electron chi connectivity index (χ1n) is 8.65. The van der Waals surface area contributed by atoms with Crippen molar-refractivity contribution < 1.29 is 9.59 Å². The van der Waals surface area contributed by atoms with Crippen molar-refractivity contribution in [1.29, 1.82) is 0 Å². The third-order valence-corrected chi connectivity index (χ3v) is 7.42. The minimum atomic E-state index is -0.129. The summed E-state index contributed by atoms with van der Waals surface area (Å²) in [6.07, 6.45) is 4.09. The average molecular weight is 416 g/mol. The van der Waals surface area contributed by atoms with Crippen LogP contribution >= 0.6 is 34.4 Å². The highest BCUT2D eigenvalue weighted by Gasteiger charge is 2.27. The van der Waals surface area contributed by atoms with Gasteiger partial charge >= 0.3 is 0 Å². The van der Waals surface area contributed by atoms with Crippen molar-refractivity contribution in [2.24, 2.45) is 0 Å². The molecule has 0 spiro atoms. The van der Waals surface area contributed by atoms with Crippen molar-refractivity contribution in [3.8, 4) is 0 Å². The Bertz CT molecular complexity index is 952.